The van der Waals surface area contributed by atoms with Crippen molar-refractivity contribution in [3.63, 3.8) is 0 Å². The van der Waals surface area contributed by atoms with Gasteiger partial charge in [0.15, 0.2) is 12.4 Å². The van der Waals surface area contributed by atoms with E-state index in [1.807, 2.05) is 76.0 Å². The Morgan fingerprint density at radius 2 is 0.958 bits per heavy atom. The quantitative estimate of drug-likeness (QED) is 0.737. The maximum Gasteiger partial charge on any atom is 0.168 e. The summed E-state index contributed by atoms with van der Waals surface area (Å²) >= 11 is 0. The van der Waals surface area contributed by atoms with Crippen LogP contribution in [0.2, 0.25) is 0 Å². The Morgan fingerprint density at radius 3 is 1.17 bits per heavy atom. The lowest BCUT2D eigenvalue weighted by Crippen LogP contribution is -3.02. The summed E-state index contributed by atoms with van der Waals surface area (Å²) in [5.74, 6) is 0. The zero-order chi connectivity index (χ0) is 19.4. The molecule has 0 bridgehead atoms. The molecule has 24 heavy (non-hydrogen) atoms. The fourth-order valence-electron chi connectivity index (χ4n) is 1.26. The van der Waals surface area contributed by atoms with Gasteiger partial charge in [-0.25, -0.2) is 4.57 Å². The minimum atomic E-state index is 1.33. The van der Waals surface area contributed by atoms with Crippen LogP contribution in [0.15, 0.2) is 60.9 Å². The topological polar surface area (TPSA) is 12.8 Å². The number of pyridine rings is 1. The maximum absolute atomic E-state index is 2.12. The van der Waals surface area contributed by atoms with Crippen LogP contribution in [-0.2, 0) is 7.05 Å². The molecule has 2 N–H and O–H groups in total. The van der Waals surface area contributed by atoms with Crippen molar-refractivity contribution < 1.29 is 14.4 Å². The van der Waals surface area contributed by atoms with Crippen LogP contribution in [0, 0.1) is 0 Å². The van der Waals surface area contributed by atoms with E-state index < -0.39 is 0 Å². The molecular weight excluding hydrogens is 294 g/mol. The van der Waals surface area contributed by atoms with Crippen LogP contribution in [-0.4, -0.2) is 35.2 Å². The first-order valence-corrected chi connectivity index (χ1v) is 8.96. The molecule has 0 radical (unpaired) electrons. The first-order valence-electron chi connectivity index (χ1n) is 8.96. The molecule has 3 heteroatoms. The monoisotopic (exact) mass is 336 g/mol. The summed E-state index contributed by atoms with van der Waals surface area (Å²) in [7, 11) is 12.5. The van der Waals surface area contributed by atoms with Crippen molar-refractivity contribution in [1.82, 2.24) is 0 Å². The van der Waals surface area contributed by atoms with Crippen molar-refractivity contribution in [3.05, 3.63) is 60.9 Å². The van der Waals surface area contributed by atoms with Crippen molar-refractivity contribution in [3.8, 4) is 0 Å². The maximum atomic E-state index is 2.12. The lowest BCUT2D eigenvalue weighted by Gasteiger charge is -2.03. The molecule has 0 unspecified atom stereocenters. The fraction of sp³-hybridized carbons (Fsp3) is 0.476. The average Bonchev–Trinajstić information content (AvgIpc) is 2.60. The molecule has 0 saturated carbocycles. The normalized spacial score (nSPS) is 8.33. The molecule has 3 nitrogen and oxygen atoms in total. The summed E-state index contributed by atoms with van der Waals surface area (Å²) in [4.78, 5) is 2.79. The molecular formula is C21H42N3+3. The highest BCUT2D eigenvalue weighted by Crippen LogP contribution is 1.96. The number of nitrogens with zero attached hydrogens (tertiary/aromatic N) is 1. The van der Waals surface area contributed by atoms with Gasteiger partial charge in [0, 0.05) is 12.1 Å². The van der Waals surface area contributed by atoms with Crippen molar-refractivity contribution in [2.75, 3.05) is 35.2 Å². The van der Waals surface area contributed by atoms with Crippen LogP contribution in [0.5, 0.6) is 0 Å². The Morgan fingerprint density at radius 1 is 0.625 bits per heavy atom. The standard InChI is InChI=1S/C8H11N.C6H8N.C3H9N.2C2H6/c1-9(2)8-6-4-3-5-7-8;1-7-5-3-2-4-6-7;1-4(2)3;2*1-2/h3-7H,1-2H3;2-6H,1H3;1-3H3;2*1-2H3/q;+1;;;/p+2. The number of hydrogen-bond donors (Lipinski definition) is 2. The van der Waals surface area contributed by atoms with Crippen molar-refractivity contribution in [1.29, 1.82) is 0 Å². The Bertz CT molecular complexity index is 423. The Labute approximate surface area is 151 Å². The van der Waals surface area contributed by atoms with Gasteiger partial charge in [0.1, 0.15) is 12.7 Å². The summed E-state index contributed by atoms with van der Waals surface area (Å²) in [5, 5.41) is 0. The van der Waals surface area contributed by atoms with Gasteiger partial charge in [-0.3, -0.25) is 0 Å². The summed E-state index contributed by atoms with van der Waals surface area (Å²) in [5.41, 5.74) is 1.33. The van der Waals surface area contributed by atoms with Crippen LogP contribution in [0.4, 0.5) is 5.69 Å². The minimum absolute atomic E-state index is 1.33. The van der Waals surface area contributed by atoms with E-state index in [1.165, 1.54) is 15.5 Å². The van der Waals surface area contributed by atoms with Crippen molar-refractivity contribution in [2.24, 2.45) is 7.05 Å². The highest BCUT2D eigenvalue weighted by Gasteiger charge is 1.93. The summed E-state index contributed by atoms with van der Waals surface area (Å²) in [6.07, 6.45) is 4.00. The molecule has 138 valence electrons. The van der Waals surface area contributed by atoms with Gasteiger partial charge < -0.3 is 9.80 Å². The number of nitrogens with one attached hydrogen (secondary N) is 2. The first-order chi connectivity index (χ1) is 11.4. The van der Waals surface area contributed by atoms with E-state index in [4.69, 9.17) is 0 Å². The van der Waals surface area contributed by atoms with Gasteiger partial charge in [0.05, 0.1) is 35.2 Å². The molecule has 0 aliphatic rings. The Kier molecular flexibility index (Phi) is 24.1. The first kappa shape index (κ1) is 27.2. The van der Waals surface area contributed by atoms with Gasteiger partial charge in [0.2, 0.25) is 0 Å². The van der Waals surface area contributed by atoms with Crippen LogP contribution in [0.3, 0.4) is 0 Å². The molecule has 0 amide bonds. The number of aryl methyl sites for hydroxylation is 1. The van der Waals surface area contributed by atoms with Gasteiger partial charge in [-0.2, -0.15) is 0 Å². The molecule has 0 atom stereocenters. The van der Waals surface area contributed by atoms with E-state index in [2.05, 4.69) is 59.5 Å². The fourth-order valence-corrected chi connectivity index (χ4v) is 1.26. The number of quaternary nitrogens is 2. The third-order valence-electron chi connectivity index (χ3n) is 2.22. The molecule has 1 aromatic carbocycles. The van der Waals surface area contributed by atoms with E-state index in [-0.39, 0.29) is 0 Å². The van der Waals surface area contributed by atoms with Crippen molar-refractivity contribution >= 4 is 5.69 Å². The smallest absolute Gasteiger partial charge is 0.168 e. The second-order valence-electron chi connectivity index (χ2n) is 5.41. The van der Waals surface area contributed by atoms with Crippen LogP contribution >= 0.6 is 0 Å². The Balaban J connectivity index is -0.000000263. The minimum Gasteiger partial charge on any atom is -0.342 e. The predicted molar refractivity (Wildman–Crippen MR) is 108 cm³/mol. The number of aromatic nitrogens is 1. The van der Waals surface area contributed by atoms with Crippen LogP contribution in [0.25, 0.3) is 0 Å². The van der Waals surface area contributed by atoms with E-state index in [0.29, 0.717) is 0 Å². The largest absolute Gasteiger partial charge is 0.342 e. The molecule has 0 aliphatic heterocycles. The third kappa shape index (κ3) is 22.6. The second-order valence-corrected chi connectivity index (χ2v) is 5.41. The molecule has 0 fully saturated rings. The number of hydrogen-bond acceptors (Lipinski definition) is 0. The summed E-state index contributed by atoms with van der Waals surface area (Å²) < 4.78 is 2.00. The third-order valence-corrected chi connectivity index (χ3v) is 2.22. The van der Waals surface area contributed by atoms with E-state index in [1.54, 1.807) is 0 Å². The predicted octanol–water partition coefficient (Wildman–Crippen LogP) is 1.79. The molecule has 2 rings (SSSR count). The van der Waals surface area contributed by atoms with Gasteiger partial charge >= 0.3 is 0 Å². The SMILES string of the molecule is CC.CC.C[NH+](C)C.C[NH+](C)c1ccccc1.C[n+]1ccccc1. The van der Waals surface area contributed by atoms with Crippen LogP contribution < -0.4 is 14.4 Å². The number of benzene rings is 1. The molecule has 0 aliphatic carbocycles. The highest BCUT2D eigenvalue weighted by atomic mass is 15.1. The lowest BCUT2D eigenvalue weighted by atomic mass is 10.3. The Hall–Kier alpha value is -1.71. The highest BCUT2D eigenvalue weighted by molar-refractivity contribution is 5.27. The van der Waals surface area contributed by atoms with E-state index >= 15 is 0 Å². The number of para-hydroxylation sites is 1. The van der Waals surface area contributed by atoms with Crippen LogP contribution in [0.1, 0.15) is 27.7 Å². The lowest BCUT2D eigenvalue weighted by molar-refractivity contribution is -0.836. The van der Waals surface area contributed by atoms with Gasteiger partial charge in [-0.1, -0.05) is 52.0 Å². The molecule has 2 aromatic rings. The summed E-state index contributed by atoms with van der Waals surface area (Å²) in [6.45, 7) is 8.00. The van der Waals surface area contributed by atoms with E-state index in [0.717, 1.165) is 0 Å². The molecule has 1 heterocycles. The van der Waals surface area contributed by atoms with Gasteiger partial charge in [-0.15, -0.1) is 0 Å². The van der Waals surface area contributed by atoms with E-state index in [9.17, 15) is 0 Å². The number of rotatable bonds is 1. The van der Waals surface area contributed by atoms with Gasteiger partial charge in [0.25, 0.3) is 0 Å². The zero-order valence-electron chi connectivity index (χ0n) is 17.7. The summed E-state index contributed by atoms with van der Waals surface area (Å²) in [6, 6.07) is 16.4. The second kappa shape index (κ2) is 21.3. The molecule has 0 saturated heterocycles. The van der Waals surface area contributed by atoms with Gasteiger partial charge in [-0.05, 0) is 12.1 Å². The molecule has 1 aromatic heterocycles. The average molecular weight is 337 g/mol. The zero-order valence-corrected chi connectivity index (χ0v) is 17.7. The van der Waals surface area contributed by atoms with Crippen molar-refractivity contribution in [2.45, 2.75) is 27.7 Å². The molecule has 0 spiro atoms.